The van der Waals surface area contributed by atoms with Crippen molar-refractivity contribution in [2.45, 2.75) is 75.7 Å². The first-order valence-electron chi connectivity index (χ1n) is 10.9. The molecule has 0 aliphatic carbocycles. The summed E-state index contributed by atoms with van der Waals surface area (Å²) >= 11 is 1.46. The molecule has 1 amide bonds. The molecule has 0 radical (unpaired) electrons. The first-order valence-corrected chi connectivity index (χ1v) is 11.8. The van der Waals surface area contributed by atoms with Crippen molar-refractivity contribution in [3.8, 4) is 5.69 Å². The van der Waals surface area contributed by atoms with E-state index in [1.807, 2.05) is 43.3 Å². The Morgan fingerprint density at radius 1 is 1.13 bits per heavy atom. The van der Waals surface area contributed by atoms with E-state index in [0.717, 1.165) is 48.2 Å². The van der Waals surface area contributed by atoms with Gasteiger partial charge in [-0.3, -0.25) is 4.79 Å². The van der Waals surface area contributed by atoms with Crippen LogP contribution in [-0.2, 0) is 23.2 Å². The first-order chi connectivity index (χ1) is 14.8. The van der Waals surface area contributed by atoms with E-state index < -0.39 is 0 Å². The fourth-order valence-corrected chi connectivity index (χ4v) is 4.48. The molecule has 3 aromatic rings. The molecular weight excluding hydrogens is 408 g/mol. The minimum Gasteiger partial charge on any atom is -0.310 e. The first kappa shape index (κ1) is 21.6. The third-order valence-electron chi connectivity index (χ3n) is 5.46. The van der Waals surface area contributed by atoms with E-state index >= 15 is 0 Å². The molecule has 7 nitrogen and oxygen atoms in total. The van der Waals surface area contributed by atoms with Gasteiger partial charge in [-0.05, 0) is 31.9 Å². The Morgan fingerprint density at radius 3 is 2.65 bits per heavy atom. The number of carbonyl (C=O) groups excluding carboxylic acids is 1. The van der Waals surface area contributed by atoms with Gasteiger partial charge in [0.2, 0.25) is 5.91 Å². The number of hydrogen-bond donors (Lipinski definition) is 1. The highest BCUT2D eigenvalue weighted by molar-refractivity contribution is 8.00. The number of fused-ring (bicyclic) bond motifs is 1. The molecule has 1 aliphatic heterocycles. The molecule has 0 saturated heterocycles. The van der Waals surface area contributed by atoms with Gasteiger partial charge in [-0.15, -0.1) is 10.2 Å². The number of amides is 1. The zero-order chi connectivity index (χ0) is 22.0. The lowest BCUT2D eigenvalue weighted by Crippen LogP contribution is -2.24. The lowest BCUT2D eigenvalue weighted by atomic mass is 9.92. The third-order valence-corrected chi connectivity index (χ3v) is 6.54. The van der Waals surface area contributed by atoms with Gasteiger partial charge in [0.05, 0.1) is 16.6 Å². The number of hydrogen-bond acceptors (Lipinski definition) is 5. The number of para-hydroxylation sites is 1. The third kappa shape index (κ3) is 4.84. The van der Waals surface area contributed by atoms with Crippen LogP contribution < -0.4 is 5.32 Å². The van der Waals surface area contributed by atoms with Crippen molar-refractivity contribution in [3.05, 3.63) is 47.9 Å². The predicted octanol–water partition coefficient (Wildman–Crippen LogP) is 4.61. The van der Waals surface area contributed by atoms with Gasteiger partial charge >= 0.3 is 0 Å². The monoisotopic (exact) mass is 438 g/mol. The van der Waals surface area contributed by atoms with Crippen LogP contribution in [0.2, 0.25) is 0 Å². The van der Waals surface area contributed by atoms with Gasteiger partial charge in [0.25, 0.3) is 0 Å². The summed E-state index contributed by atoms with van der Waals surface area (Å²) in [4.78, 5) is 13.1. The second-order valence-electron chi connectivity index (χ2n) is 9.02. The molecule has 2 aromatic heterocycles. The number of benzene rings is 1. The minimum atomic E-state index is -0.311. The van der Waals surface area contributed by atoms with Gasteiger partial charge in [0, 0.05) is 24.4 Å². The van der Waals surface area contributed by atoms with E-state index in [2.05, 4.69) is 40.9 Å². The van der Waals surface area contributed by atoms with E-state index in [4.69, 9.17) is 5.10 Å². The van der Waals surface area contributed by atoms with Crippen molar-refractivity contribution in [3.63, 3.8) is 0 Å². The van der Waals surface area contributed by atoms with Crippen molar-refractivity contribution >= 4 is 23.5 Å². The van der Waals surface area contributed by atoms with Crippen molar-refractivity contribution in [1.29, 1.82) is 0 Å². The normalized spacial score (nSPS) is 15.2. The Morgan fingerprint density at radius 2 is 1.90 bits per heavy atom. The Kier molecular flexibility index (Phi) is 6.18. The van der Waals surface area contributed by atoms with Crippen LogP contribution in [0.1, 0.15) is 58.5 Å². The Balaban J connectivity index is 1.54. The standard InChI is InChI=1S/C23H30N6OS/c1-16(31-22-26-25-19-13-9-6-10-14-28(19)22)21(30)24-20-15-18(23(2,3)4)27-29(20)17-11-7-5-8-12-17/h5,7-8,11-12,15-16H,6,9-10,13-14H2,1-4H3,(H,24,30)/t16-/m1/s1. The van der Waals surface area contributed by atoms with Crippen LogP contribution in [0.5, 0.6) is 0 Å². The summed E-state index contributed by atoms with van der Waals surface area (Å²) in [5.41, 5.74) is 1.71. The number of aromatic nitrogens is 5. The number of anilines is 1. The average Bonchev–Trinajstić information content (AvgIpc) is 3.25. The maximum Gasteiger partial charge on any atom is 0.238 e. The van der Waals surface area contributed by atoms with E-state index in [1.54, 1.807) is 4.68 Å². The topological polar surface area (TPSA) is 77.6 Å². The molecular formula is C23H30N6OS. The van der Waals surface area contributed by atoms with Gasteiger partial charge in [-0.1, -0.05) is 57.2 Å². The fourth-order valence-electron chi connectivity index (χ4n) is 3.59. The largest absolute Gasteiger partial charge is 0.310 e. The zero-order valence-corrected chi connectivity index (χ0v) is 19.4. The van der Waals surface area contributed by atoms with Crippen molar-refractivity contribution < 1.29 is 4.79 Å². The van der Waals surface area contributed by atoms with E-state index in [1.165, 1.54) is 18.2 Å². The Hall–Kier alpha value is -2.61. The summed E-state index contributed by atoms with van der Waals surface area (Å²) in [5, 5.41) is 17.1. The summed E-state index contributed by atoms with van der Waals surface area (Å²) in [7, 11) is 0. The van der Waals surface area contributed by atoms with Crippen LogP contribution in [0.3, 0.4) is 0 Å². The highest BCUT2D eigenvalue weighted by Crippen LogP contribution is 2.29. The number of aryl methyl sites for hydroxylation is 1. The molecule has 1 aromatic carbocycles. The number of nitrogens with one attached hydrogen (secondary N) is 1. The number of rotatable bonds is 5. The van der Waals surface area contributed by atoms with Gasteiger partial charge < -0.3 is 9.88 Å². The van der Waals surface area contributed by atoms with Gasteiger partial charge in [0.1, 0.15) is 11.6 Å². The fraction of sp³-hybridized carbons (Fsp3) is 0.478. The highest BCUT2D eigenvalue weighted by Gasteiger charge is 2.25. The van der Waals surface area contributed by atoms with Crippen LogP contribution >= 0.6 is 11.8 Å². The smallest absolute Gasteiger partial charge is 0.238 e. The molecule has 1 atom stereocenters. The van der Waals surface area contributed by atoms with Crippen molar-refractivity contribution in [2.75, 3.05) is 5.32 Å². The van der Waals surface area contributed by atoms with Crippen molar-refractivity contribution in [1.82, 2.24) is 24.5 Å². The maximum atomic E-state index is 13.1. The Labute approximate surface area is 187 Å². The van der Waals surface area contributed by atoms with Crippen molar-refractivity contribution in [2.24, 2.45) is 0 Å². The van der Waals surface area contributed by atoms with Gasteiger partial charge in [0.15, 0.2) is 5.16 Å². The van der Waals surface area contributed by atoms with Gasteiger partial charge in [-0.25, -0.2) is 4.68 Å². The molecule has 31 heavy (non-hydrogen) atoms. The molecule has 4 rings (SSSR count). The summed E-state index contributed by atoms with van der Waals surface area (Å²) in [6, 6.07) is 11.8. The maximum absolute atomic E-state index is 13.1. The molecule has 8 heteroatoms. The second-order valence-corrected chi connectivity index (χ2v) is 10.3. The zero-order valence-electron chi connectivity index (χ0n) is 18.6. The molecule has 3 heterocycles. The lowest BCUT2D eigenvalue weighted by Gasteiger charge is -2.14. The second kappa shape index (κ2) is 8.86. The number of carbonyl (C=O) groups is 1. The molecule has 1 aliphatic rings. The van der Waals surface area contributed by atoms with Crippen LogP contribution in [-0.4, -0.2) is 35.7 Å². The number of thioether (sulfide) groups is 1. The minimum absolute atomic E-state index is 0.0755. The van der Waals surface area contributed by atoms with Crippen LogP contribution in [0, 0.1) is 0 Å². The molecule has 0 saturated carbocycles. The summed E-state index contributed by atoms with van der Waals surface area (Å²) in [5.74, 6) is 1.63. The van der Waals surface area contributed by atoms with E-state index in [9.17, 15) is 4.79 Å². The molecule has 1 N–H and O–H groups in total. The predicted molar refractivity (Wildman–Crippen MR) is 124 cm³/mol. The molecule has 0 fully saturated rings. The molecule has 164 valence electrons. The van der Waals surface area contributed by atoms with Crippen LogP contribution in [0.15, 0.2) is 41.6 Å². The Bertz CT molecular complexity index is 1050. The summed E-state index contributed by atoms with van der Waals surface area (Å²) in [6.07, 6.45) is 4.45. The SMILES string of the molecule is C[C@@H](Sc1nnc2n1CCCCC2)C(=O)Nc1cc(C(C)(C)C)nn1-c1ccccc1. The molecule has 0 bridgehead atoms. The number of nitrogens with zero attached hydrogens (tertiary/aromatic N) is 5. The van der Waals surface area contributed by atoms with Crippen LogP contribution in [0.25, 0.3) is 5.69 Å². The van der Waals surface area contributed by atoms with E-state index in [0.29, 0.717) is 5.82 Å². The van der Waals surface area contributed by atoms with Gasteiger partial charge in [-0.2, -0.15) is 5.10 Å². The lowest BCUT2D eigenvalue weighted by molar-refractivity contribution is -0.115. The van der Waals surface area contributed by atoms with E-state index in [-0.39, 0.29) is 16.6 Å². The highest BCUT2D eigenvalue weighted by atomic mass is 32.2. The van der Waals surface area contributed by atoms with Crippen LogP contribution in [0.4, 0.5) is 5.82 Å². The summed E-state index contributed by atoms with van der Waals surface area (Å²) < 4.78 is 3.98. The molecule has 0 spiro atoms. The molecule has 0 unspecified atom stereocenters. The average molecular weight is 439 g/mol. The summed E-state index contributed by atoms with van der Waals surface area (Å²) in [6.45, 7) is 9.18. The quantitative estimate of drug-likeness (QED) is 0.589.